The van der Waals surface area contributed by atoms with Gasteiger partial charge in [-0.15, -0.1) is 0 Å². The molecule has 0 aromatic heterocycles. The lowest BCUT2D eigenvalue weighted by atomic mass is 9.85. The molecular weight excluding hydrogens is 314 g/mol. The molecule has 0 unspecified atom stereocenters. The summed E-state index contributed by atoms with van der Waals surface area (Å²) in [4.78, 5) is 27.4. The first-order valence-corrected chi connectivity index (χ1v) is 8.36. The zero-order chi connectivity index (χ0) is 15.9. The molecule has 5 heteroatoms. The molecule has 3 aliphatic carbocycles. The van der Waals surface area contributed by atoms with Crippen LogP contribution in [0.4, 0.5) is 5.69 Å². The number of fused-ring (bicyclic) bond motifs is 3. The van der Waals surface area contributed by atoms with E-state index in [1.807, 2.05) is 0 Å². The highest BCUT2D eigenvalue weighted by Crippen LogP contribution is 2.73. The van der Waals surface area contributed by atoms with Gasteiger partial charge in [-0.05, 0) is 48.3 Å². The maximum Gasteiger partial charge on any atom is 0.238 e. The molecule has 23 heavy (non-hydrogen) atoms. The number of allylic oxidation sites excluding steroid dienone is 2. The van der Waals surface area contributed by atoms with Crippen molar-refractivity contribution in [3.05, 3.63) is 35.4 Å². The van der Waals surface area contributed by atoms with Crippen molar-refractivity contribution in [1.29, 1.82) is 0 Å². The van der Waals surface area contributed by atoms with Crippen LogP contribution in [0.3, 0.4) is 0 Å². The summed E-state index contributed by atoms with van der Waals surface area (Å²) in [5.41, 5.74) is 0.680. The predicted molar refractivity (Wildman–Crippen MR) is 85.3 cm³/mol. The lowest BCUT2D eigenvalue weighted by Gasteiger charge is -2.23. The normalized spacial score (nSPS) is 35.3. The van der Waals surface area contributed by atoms with Gasteiger partial charge in [0.05, 0.1) is 24.6 Å². The molecule has 1 aliphatic heterocycles. The zero-order valence-corrected chi connectivity index (χ0v) is 13.4. The summed E-state index contributed by atoms with van der Waals surface area (Å²) in [5, 5.41) is 0.484. The van der Waals surface area contributed by atoms with Gasteiger partial charge in [0.2, 0.25) is 11.8 Å². The Morgan fingerprint density at radius 1 is 1.13 bits per heavy atom. The van der Waals surface area contributed by atoms with Crippen molar-refractivity contribution >= 4 is 29.1 Å². The third-order valence-electron chi connectivity index (χ3n) is 6.23. The van der Waals surface area contributed by atoms with Crippen LogP contribution in [0.15, 0.2) is 30.4 Å². The van der Waals surface area contributed by atoms with Gasteiger partial charge in [0, 0.05) is 5.02 Å². The molecule has 0 N–H and O–H groups in total. The number of anilines is 1. The van der Waals surface area contributed by atoms with Gasteiger partial charge in [-0.25, -0.2) is 4.90 Å². The third-order valence-corrected chi connectivity index (χ3v) is 6.47. The van der Waals surface area contributed by atoms with Crippen molar-refractivity contribution in [1.82, 2.24) is 0 Å². The van der Waals surface area contributed by atoms with Crippen LogP contribution in [0.25, 0.3) is 0 Å². The van der Waals surface area contributed by atoms with E-state index < -0.39 is 0 Å². The van der Waals surface area contributed by atoms with Crippen LogP contribution in [0.2, 0.25) is 5.02 Å². The van der Waals surface area contributed by atoms with Gasteiger partial charge in [-0.2, -0.15) is 0 Å². The van der Waals surface area contributed by atoms with Crippen LogP contribution in [-0.2, 0) is 9.59 Å². The van der Waals surface area contributed by atoms with Crippen LogP contribution in [0.5, 0.6) is 5.75 Å². The van der Waals surface area contributed by atoms with Gasteiger partial charge in [0.1, 0.15) is 5.75 Å². The fourth-order valence-corrected chi connectivity index (χ4v) is 5.32. The molecule has 1 heterocycles. The highest BCUT2D eigenvalue weighted by atomic mass is 35.5. The first-order valence-electron chi connectivity index (χ1n) is 7.98. The molecule has 1 saturated heterocycles. The zero-order valence-electron chi connectivity index (χ0n) is 12.7. The van der Waals surface area contributed by atoms with Crippen molar-refractivity contribution in [2.75, 3.05) is 12.0 Å². The number of hydrogen-bond acceptors (Lipinski definition) is 3. The smallest absolute Gasteiger partial charge is 0.238 e. The molecule has 1 aromatic carbocycles. The Morgan fingerprint density at radius 3 is 2.26 bits per heavy atom. The van der Waals surface area contributed by atoms with E-state index in [2.05, 4.69) is 12.2 Å². The Balaban J connectivity index is 1.60. The lowest BCUT2D eigenvalue weighted by Crippen LogP contribution is -2.35. The average molecular weight is 330 g/mol. The lowest BCUT2D eigenvalue weighted by molar-refractivity contribution is -0.123. The molecule has 2 bridgehead atoms. The van der Waals surface area contributed by atoms with Gasteiger partial charge in [0.15, 0.2) is 0 Å². The third kappa shape index (κ3) is 1.48. The van der Waals surface area contributed by atoms with Crippen LogP contribution < -0.4 is 9.64 Å². The number of ether oxygens (including phenoxy) is 1. The summed E-state index contributed by atoms with van der Waals surface area (Å²) in [7, 11) is 1.53. The minimum absolute atomic E-state index is 0.0938. The number of rotatable bonds is 2. The van der Waals surface area contributed by atoms with Crippen LogP contribution in [0.1, 0.15) is 12.8 Å². The van der Waals surface area contributed by atoms with Gasteiger partial charge in [0.25, 0.3) is 0 Å². The number of carbonyl (C=O) groups excluding carboxylic acids is 2. The van der Waals surface area contributed by atoms with E-state index >= 15 is 0 Å². The number of carbonyl (C=O) groups is 2. The number of nitrogens with zero attached hydrogens (tertiary/aromatic N) is 1. The average Bonchev–Trinajstić information content (AvgIpc) is 3.13. The van der Waals surface area contributed by atoms with Crippen LogP contribution in [-0.4, -0.2) is 18.9 Å². The SMILES string of the molecule is COc1ccc(Cl)cc1N1C(=O)[C@H]2[C@H](C1=O)[C@H]1C=C[C@H]2C12CC2. The fraction of sp³-hybridized carbons (Fsp3) is 0.444. The second-order valence-electron chi connectivity index (χ2n) is 7.05. The molecule has 118 valence electrons. The maximum atomic E-state index is 13.1. The Hall–Kier alpha value is -1.81. The summed E-state index contributed by atoms with van der Waals surface area (Å²) in [6, 6.07) is 5.03. The molecule has 4 atom stereocenters. The van der Waals surface area contributed by atoms with Crippen molar-refractivity contribution in [2.24, 2.45) is 29.1 Å². The quantitative estimate of drug-likeness (QED) is 0.619. The standard InChI is InChI=1S/C18H16ClNO3/c1-23-13-5-2-9(19)8-12(13)20-16(21)14-10-3-4-11(15(14)17(20)22)18(10)6-7-18/h2-5,8,10-11,14-15H,6-7H2,1H3/t10-,11-,14-,15-/m1/s1. The van der Waals surface area contributed by atoms with E-state index in [-0.39, 0.29) is 40.9 Å². The molecule has 2 saturated carbocycles. The number of hydrogen-bond donors (Lipinski definition) is 0. The van der Waals surface area contributed by atoms with Crippen molar-refractivity contribution in [3.63, 3.8) is 0 Å². The Kier molecular flexibility index (Phi) is 2.47. The topological polar surface area (TPSA) is 46.6 Å². The molecule has 4 aliphatic rings. The van der Waals surface area contributed by atoms with Crippen molar-refractivity contribution in [3.8, 4) is 5.75 Å². The van der Waals surface area contributed by atoms with Gasteiger partial charge in [-0.3, -0.25) is 9.59 Å². The second-order valence-corrected chi connectivity index (χ2v) is 7.49. The van der Waals surface area contributed by atoms with Gasteiger partial charge >= 0.3 is 0 Å². The largest absolute Gasteiger partial charge is 0.495 e. The summed E-state index contributed by atoms with van der Waals surface area (Å²) >= 11 is 6.08. The monoisotopic (exact) mass is 329 g/mol. The number of benzene rings is 1. The molecule has 4 nitrogen and oxygen atoms in total. The minimum atomic E-state index is -0.205. The molecule has 5 rings (SSSR count). The van der Waals surface area contributed by atoms with Crippen LogP contribution >= 0.6 is 11.6 Å². The van der Waals surface area contributed by atoms with Gasteiger partial charge in [-0.1, -0.05) is 23.8 Å². The predicted octanol–water partition coefficient (Wildman–Crippen LogP) is 3.05. The van der Waals surface area contributed by atoms with E-state index in [4.69, 9.17) is 16.3 Å². The van der Waals surface area contributed by atoms with E-state index in [0.717, 1.165) is 12.8 Å². The molecule has 1 spiro atoms. The first-order chi connectivity index (χ1) is 11.1. The Labute approximate surface area is 139 Å². The van der Waals surface area contributed by atoms with Crippen molar-refractivity contribution in [2.45, 2.75) is 12.8 Å². The van der Waals surface area contributed by atoms with Crippen molar-refractivity contribution < 1.29 is 14.3 Å². The summed E-state index contributed by atoms with van der Waals surface area (Å²) in [6.07, 6.45) is 6.62. The second kappa shape index (κ2) is 4.18. The first kappa shape index (κ1) is 13.6. The van der Waals surface area contributed by atoms with E-state index in [9.17, 15) is 9.59 Å². The number of methoxy groups -OCH3 is 1. The number of halogens is 1. The Bertz CT molecular complexity index is 748. The van der Waals surface area contributed by atoms with Crippen LogP contribution in [0, 0.1) is 29.1 Å². The minimum Gasteiger partial charge on any atom is -0.495 e. The molecule has 2 amide bonds. The molecule has 1 aromatic rings. The number of amides is 2. The Morgan fingerprint density at radius 2 is 1.74 bits per heavy atom. The highest BCUT2D eigenvalue weighted by Gasteiger charge is 2.73. The highest BCUT2D eigenvalue weighted by molar-refractivity contribution is 6.31. The molecule has 0 radical (unpaired) electrons. The fourth-order valence-electron chi connectivity index (χ4n) is 5.15. The number of imide groups is 1. The molecule has 3 fully saturated rings. The van der Waals surface area contributed by atoms with E-state index in [0.29, 0.717) is 16.5 Å². The van der Waals surface area contributed by atoms with Gasteiger partial charge < -0.3 is 4.74 Å². The van der Waals surface area contributed by atoms with E-state index in [1.54, 1.807) is 18.2 Å². The summed E-state index contributed by atoms with van der Waals surface area (Å²) in [6.45, 7) is 0. The summed E-state index contributed by atoms with van der Waals surface area (Å²) < 4.78 is 5.33. The maximum absolute atomic E-state index is 13.1. The summed E-state index contributed by atoms with van der Waals surface area (Å²) in [5.74, 6) is 0.352. The molecular formula is C18H16ClNO3. The van der Waals surface area contributed by atoms with E-state index in [1.165, 1.54) is 12.0 Å².